The van der Waals surface area contributed by atoms with Crippen molar-refractivity contribution in [1.82, 2.24) is 14.9 Å². The average molecular weight is 475 g/mol. The van der Waals surface area contributed by atoms with Crippen LogP contribution in [0.25, 0.3) is 10.9 Å². The van der Waals surface area contributed by atoms with Crippen LogP contribution in [0.15, 0.2) is 46.3 Å². The average Bonchev–Trinajstić information content (AvgIpc) is 2.74. The second-order valence-electron chi connectivity index (χ2n) is 7.10. The van der Waals surface area contributed by atoms with Gasteiger partial charge in [0.15, 0.2) is 5.16 Å². The summed E-state index contributed by atoms with van der Waals surface area (Å²) >= 11 is 7.09. The fraction of sp³-hybridized carbons (Fsp3) is 0.273. The maximum atomic E-state index is 12.9. The first-order valence-electron chi connectivity index (χ1n) is 9.78. The van der Waals surface area contributed by atoms with E-state index in [9.17, 15) is 14.4 Å². The standard InChI is InChI=1S/C22H23ClN4O4S/c1-13-4-6-16(10-14(13)2)24-21(30)26-19(28)12-32-22-25-18-11-15(23)5-7-17(18)20(29)27(22)8-9-31-3/h4-7,10-11H,8-9,12H2,1-3H3,(H2,24,26,28,30). The van der Waals surface area contributed by atoms with Crippen molar-refractivity contribution in [3.63, 3.8) is 0 Å². The van der Waals surface area contributed by atoms with Crippen molar-refractivity contribution in [3.05, 3.63) is 62.9 Å². The van der Waals surface area contributed by atoms with Crippen molar-refractivity contribution in [3.8, 4) is 0 Å². The van der Waals surface area contributed by atoms with Crippen LogP contribution in [0.4, 0.5) is 10.5 Å². The smallest absolute Gasteiger partial charge is 0.325 e. The number of halogens is 1. The normalized spacial score (nSPS) is 10.9. The Morgan fingerprint density at radius 2 is 1.94 bits per heavy atom. The van der Waals surface area contributed by atoms with Crippen LogP contribution in [0, 0.1) is 13.8 Å². The Kier molecular flexibility index (Phi) is 7.89. The zero-order valence-electron chi connectivity index (χ0n) is 17.9. The molecule has 0 fully saturated rings. The van der Waals surface area contributed by atoms with Gasteiger partial charge in [-0.2, -0.15) is 0 Å². The molecule has 0 radical (unpaired) electrons. The van der Waals surface area contributed by atoms with Crippen LogP contribution in [0.1, 0.15) is 11.1 Å². The summed E-state index contributed by atoms with van der Waals surface area (Å²) < 4.78 is 6.54. The van der Waals surface area contributed by atoms with E-state index in [0.29, 0.717) is 33.4 Å². The van der Waals surface area contributed by atoms with Crippen molar-refractivity contribution in [2.75, 3.05) is 24.8 Å². The van der Waals surface area contributed by atoms with Crippen LogP contribution >= 0.6 is 23.4 Å². The number of anilines is 1. The SMILES string of the molecule is COCCn1c(SCC(=O)NC(=O)Nc2ccc(C)c(C)c2)nc2cc(Cl)ccc2c1=O. The third-order valence-corrected chi connectivity index (χ3v) is 5.96. The molecular weight excluding hydrogens is 452 g/mol. The Hall–Kier alpha value is -2.88. The molecule has 2 N–H and O–H groups in total. The van der Waals surface area contributed by atoms with Gasteiger partial charge in [-0.05, 0) is 55.3 Å². The third kappa shape index (κ3) is 5.87. The summed E-state index contributed by atoms with van der Waals surface area (Å²) in [6, 6.07) is 9.69. The van der Waals surface area contributed by atoms with E-state index >= 15 is 0 Å². The number of ether oxygens (including phenoxy) is 1. The van der Waals surface area contributed by atoms with Gasteiger partial charge < -0.3 is 10.1 Å². The molecule has 0 saturated heterocycles. The Bertz CT molecular complexity index is 1230. The Morgan fingerprint density at radius 3 is 2.66 bits per heavy atom. The number of hydrogen-bond donors (Lipinski definition) is 2. The van der Waals surface area contributed by atoms with Crippen molar-refractivity contribution in [2.45, 2.75) is 25.5 Å². The summed E-state index contributed by atoms with van der Waals surface area (Å²) in [6.45, 7) is 4.49. The number of thioether (sulfide) groups is 1. The number of fused-ring (bicyclic) bond motifs is 1. The van der Waals surface area contributed by atoms with Gasteiger partial charge in [-0.25, -0.2) is 9.78 Å². The predicted octanol–water partition coefficient (Wildman–Crippen LogP) is 3.75. The summed E-state index contributed by atoms with van der Waals surface area (Å²) in [5.41, 5.74) is 2.91. The molecule has 0 aliphatic heterocycles. The van der Waals surface area contributed by atoms with Gasteiger partial charge in [0, 0.05) is 17.8 Å². The molecule has 8 nitrogen and oxygen atoms in total. The quantitative estimate of drug-likeness (QED) is 0.399. The van der Waals surface area contributed by atoms with Crippen LogP contribution < -0.4 is 16.2 Å². The summed E-state index contributed by atoms with van der Waals surface area (Å²) in [5.74, 6) is -0.624. The van der Waals surface area contributed by atoms with E-state index in [-0.39, 0.29) is 17.9 Å². The number of aromatic nitrogens is 2. The third-order valence-electron chi connectivity index (χ3n) is 4.75. The monoisotopic (exact) mass is 474 g/mol. The summed E-state index contributed by atoms with van der Waals surface area (Å²) in [5, 5.41) is 6.14. The second-order valence-corrected chi connectivity index (χ2v) is 8.47. The number of urea groups is 1. The highest BCUT2D eigenvalue weighted by Crippen LogP contribution is 2.20. The van der Waals surface area contributed by atoms with Crippen LogP contribution in [-0.4, -0.2) is 41.0 Å². The maximum absolute atomic E-state index is 12.9. The molecule has 0 bridgehead atoms. The van der Waals surface area contributed by atoms with Gasteiger partial charge in [-0.1, -0.05) is 29.4 Å². The Balaban J connectivity index is 1.71. The number of hydrogen-bond acceptors (Lipinski definition) is 6. The van der Waals surface area contributed by atoms with Crippen molar-refractivity contribution >= 4 is 51.9 Å². The van der Waals surface area contributed by atoms with Gasteiger partial charge in [0.2, 0.25) is 5.91 Å². The first-order chi connectivity index (χ1) is 15.3. The molecule has 0 saturated carbocycles. The molecule has 3 amide bonds. The Labute approximate surface area is 194 Å². The molecule has 0 spiro atoms. The number of rotatable bonds is 7. The fourth-order valence-corrected chi connectivity index (χ4v) is 3.93. The first-order valence-corrected chi connectivity index (χ1v) is 11.1. The van der Waals surface area contributed by atoms with Crippen LogP contribution in [0.5, 0.6) is 0 Å². The van der Waals surface area contributed by atoms with E-state index in [2.05, 4.69) is 15.6 Å². The zero-order chi connectivity index (χ0) is 23.3. The molecule has 168 valence electrons. The minimum Gasteiger partial charge on any atom is -0.383 e. The van der Waals surface area contributed by atoms with E-state index in [1.165, 1.54) is 11.7 Å². The molecule has 1 aromatic heterocycles. The summed E-state index contributed by atoms with van der Waals surface area (Å²) in [6.07, 6.45) is 0. The number of benzene rings is 2. The van der Waals surface area contributed by atoms with E-state index in [4.69, 9.17) is 16.3 Å². The van der Waals surface area contributed by atoms with Gasteiger partial charge in [-0.3, -0.25) is 19.5 Å². The van der Waals surface area contributed by atoms with E-state index < -0.39 is 11.9 Å². The Morgan fingerprint density at radius 1 is 1.16 bits per heavy atom. The molecule has 0 atom stereocenters. The molecule has 1 heterocycles. The number of carbonyl (C=O) groups is 2. The topological polar surface area (TPSA) is 102 Å². The highest BCUT2D eigenvalue weighted by molar-refractivity contribution is 7.99. The lowest BCUT2D eigenvalue weighted by molar-refractivity contribution is -0.117. The van der Waals surface area contributed by atoms with Gasteiger partial charge in [0.05, 0.1) is 29.8 Å². The van der Waals surface area contributed by atoms with Crippen molar-refractivity contribution in [2.24, 2.45) is 0 Å². The zero-order valence-corrected chi connectivity index (χ0v) is 19.5. The van der Waals surface area contributed by atoms with Gasteiger partial charge in [0.1, 0.15) is 0 Å². The minimum absolute atomic E-state index is 0.105. The van der Waals surface area contributed by atoms with Crippen LogP contribution in [0.2, 0.25) is 5.02 Å². The largest absolute Gasteiger partial charge is 0.383 e. The highest BCUT2D eigenvalue weighted by Gasteiger charge is 2.15. The molecular formula is C22H23ClN4O4S. The predicted molar refractivity (Wildman–Crippen MR) is 127 cm³/mol. The second kappa shape index (κ2) is 10.6. The highest BCUT2D eigenvalue weighted by atomic mass is 35.5. The minimum atomic E-state index is -0.631. The lowest BCUT2D eigenvalue weighted by atomic mass is 10.1. The first kappa shape index (κ1) is 23.8. The molecule has 10 heteroatoms. The molecule has 32 heavy (non-hydrogen) atoms. The molecule has 3 rings (SSSR count). The number of methoxy groups -OCH3 is 1. The van der Waals surface area contributed by atoms with E-state index in [1.54, 1.807) is 24.3 Å². The van der Waals surface area contributed by atoms with Crippen molar-refractivity contribution < 1.29 is 14.3 Å². The number of carbonyl (C=O) groups excluding carboxylic acids is 2. The number of imide groups is 1. The maximum Gasteiger partial charge on any atom is 0.325 e. The summed E-state index contributed by atoms with van der Waals surface area (Å²) in [7, 11) is 1.54. The van der Waals surface area contributed by atoms with Gasteiger partial charge in [-0.15, -0.1) is 0 Å². The van der Waals surface area contributed by atoms with E-state index in [1.807, 2.05) is 26.0 Å². The fourth-order valence-electron chi connectivity index (χ4n) is 2.94. The number of aryl methyl sites for hydroxylation is 2. The van der Waals surface area contributed by atoms with E-state index in [0.717, 1.165) is 22.9 Å². The lowest BCUT2D eigenvalue weighted by Gasteiger charge is -2.13. The van der Waals surface area contributed by atoms with Crippen molar-refractivity contribution in [1.29, 1.82) is 0 Å². The number of nitrogens with one attached hydrogen (secondary N) is 2. The van der Waals surface area contributed by atoms with Crippen LogP contribution in [-0.2, 0) is 16.1 Å². The van der Waals surface area contributed by atoms with Gasteiger partial charge in [0.25, 0.3) is 5.56 Å². The number of amides is 3. The summed E-state index contributed by atoms with van der Waals surface area (Å²) in [4.78, 5) is 41.8. The molecule has 0 aliphatic carbocycles. The van der Waals surface area contributed by atoms with Crippen LogP contribution in [0.3, 0.4) is 0 Å². The number of nitrogens with zero attached hydrogens (tertiary/aromatic N) is 2. The lowest BCUT2D eigenvalue weighted by Crippen LogP contribution is -2.35. The molecule has 0 unspecified atom stereocenters. The molecule has 0 aliphatic rings. The molecule has 2 aromatic carbocycles. The molecule has 3 aromatic rings. The van der Waals surface area contributed by atoms with Gasteiger partial charge >= 0.3 is 6.03 Å².